The zero-order valence-corrected chi connectivity index (χ0v) is 18.6. The monoisotopic (exact) mass is 413 g/mol. The highest BCUT2D eigenvalue weighted by molar-refractivity contribution is 5.99. The van der Waals surface area contributed by atoms with Crippen molar-refractivity contribution >= 4 is 11.8 Å². The maximum atomic E-state index is 13.2. The van der Waals surface area contributed by atoms with Gasteiger partial charge in [-0.3, -0.25) is 9.59 Å². The number of hydrogen-bond donors (Lipinski definition) is 0. The van der Waals surface area contributed by atoms with Crippen molar-refractivity contribution in [3.63, 3.8) is 0 Å². The number of hydrogen-bond acceptors (Lipinski definition) is 3. The highest BCUT2D eigenvalue weighted by Gasteiger charge is 2.33. The molecule has 2 aromatic rings. The van der Waals surface area contributed by atoms with Crippen molar-refractivity contribution in [1.82, 2.24) is 4.57 Å². The predicted octanol–water partition coefficient (Wildman–Crippen LogP) is 5.81. The van der Waals surface area contributed by atoms with Gasteiger partial charge in [0.05, 0.1) is 5.92 Å². The Hall–Kier alpha value is -2.43. The summed E-state index contributed by atoms with van der Waals surface area (Å²) in [5, 5.41) is 0. The lowest BCUT2D eigenvalue weighted by Crippen LogP contribution is -2.30. The summed E-state index contributed by atoms with van der Waals surface area (Å²) in [6, 6.07) is 7.94. The Morgan fingerprint density at radius 1 is 1.07 bits per heavy atom. The summed E-state index contributed by atoms with van der Waals surface area (Å²) >= 11 is 0. The molecule has 0 N–H and O–H groups in total. The molecular weight excluding hydrogens is 381 g/mol. The minimum absolute atomic E-state index is 0.108. The van der Waals surface area contributed by atoms with Crippen molar-refractivity contribution in [2.24, 2.45) is 17.3 Å². The molecule has 0 radical (unpaired) electrons. The van der Waals surface area contributed by atoms with Gasteiger partial charge >= 0.3 is 5.97 Å². The number of rotatable bonds is 5. The van der Waals surface area contributed by atoms with E-state index in [1.54, 1.807) is 18.2 Å². The zero-order chi connectivity index (χ0) is 22.1. The molecule has 0 spiro atoms. The van der Waals surface area contributed by atoms with Gasteiger partial charge in [-0.05, 0) is 81.2 Å². The van der Waals surface area contributed by atoms with Crippen LogP contribution in [-0.2, 0) is 9.53 Å². The maximum Gasteiger partial charge on any atom is 0.309 e. The molecule has 0 atom stereocenters. The summed E-state index contributed by atoms with van der Waals surface area (Å²) in [5.74, 6) is -0.264. The Morgan fingerprint density at radius 3 is 2.23 bits per heavy atom. The minimum Gasteiger partial charge on any atom is -0.457 e. The lowest BCUT2D eigenvalue weighted by molar-refractivity contribution is -0.149. The van der Waals surface area contributed by atoms with Crippen LogP contribution in [0.1, 0.15) is 68.2 Å². The van der Waals surface area contributed by atoms with E-state index in [4.69, 9.17) is 4.74 Å². The van der Waals surface area contributed by atoms with E-state index in [2.05, 4.69) is 20.8 Å². The first-order valence-electron chi connectivity index (χ1n) is 10.7. The quantitative estimate of drug-likeness (QED) is 0.459. The number of aryl methyl sites for hydroxylation is 1. The third kappa shape index (κ3) is 4.82. The number of Topliss-reactive ketones (excluding diaryl/α,β-unsaturated/α-hetero) is 1. The van der Waals surface area contributed by atoms with Crippen LogP contribution in [-0.4, -0.2) is 22.9 Å². The summed E-state index contributed by atoms with van der Waals surface area (Å²) in [6.45, 7) is 10.2. The summed E-state index contributed by atoms with van der Waals surface area (Å²) in [7, 11) is 0. The third-order valence-corrected chi connectivity index (χ3v) is 6.45. The van der Waals surface area contributed by atoms with Gasteiger partial charge in [0.2, 0.25) is 5.78 Å². The van der Waals surface area contributed by atoms with E-state index < -0.39 is 0 Å². The molecule has 4 nitrogen and oxygen atoms in total. The number of ketones is 1. The molecule has 1 aromatic carbocycles. The highest BCUT2D eigenvalue weighted by Crippen LogP contribution is 2.40. The molecule has 0 bridgehead atoms. The topological polar surface area (TPSA) is 48.3 Å². The van der Waals surface area contributed by atoms with E-state index in [1.165, 1.54) is 12.1 Å². The Kier molecular flexibility index (Phi) is 6.49. The smallest absolute Gasteiger partial charge is 0.309 e. The van der Waals surface area contributed by atoms with Gasteiger partial charge in [0, 0.05) is 22.6 Å². The SMILES string of the molecule is Cc1cc(C(=O)COC(=O)C2CCC(C(C)(C)C)CC2)c(C)n1-c1ccc(F)cc1. The Balaban J connectivity index is 1.61. The van der Waals surface area contributed by atoms with Gasteiger partial charge in [0.1, 0.15) is 5.82 Å². The van der Waals surface area contributed by atoms with Crippen molar-refractivity contribution < 1.29 is 18.7 Å². The van der Waals surface area contributed by atoms with Crippen LogP contribution in [0.2, 0.25) is 0 Å². The summed E-state index contributed by atoms with van der Waals surface area (Å²) in [4.78, 5) is 25.2. The van der Waals surface area contributed by atoms with Crippen LogP contribution in [0.4, 0.5) is 4.39 Å². The molecular formula is C25H32FNO3. The van der Waals surface area contributed by atoms with Gasteiger partial charge in [0.25, 0.3) is 0 Å². The normalized spacial score (nSPS) is 19.5. The van der Waals surface area contributed by atoms with E-state index in [0.717, 1.165) is 42.8 Å². The van der Waals surface area contributed by atoms with Crippen LogP contribution < -0.4 is 0 Å². The molecule has 1 fully saturated rings. The van der Waals surface area contributed by atoms with Gasteiger partial charge in [-0.2, -0.15) is 0 Å². The van der Waals surface area contributed by atoms with Gasteiger partial charge in [-0.1, -0.05) is 20.8 Å². The maximum absolute atomic E-state index is 13.2. The average molecular weight is 414 g/mol. The number of benzene rings is 1. The predicted molar refractivity (Wildman–Crippen MR) is 115 cm³/mol. The summed E-state index contributed by atoms with van der Waals surface area (Å²) in [6.07, 6.45) is 3.70. The van der Waals surface area contributed by atoms with Crippen LogP contribution in [0.15, 0.2) is 30.3 Å². The number of esters is 1. The molecule has 0 unspecified atom stereocenters. The van der Waals surface area contributed by atoms with E-state index in [0.29, 0.717) is 11.5 Å². The van der Waals surface area contributed by atoms with E-state index in [1.807, 2.05) is 18.4 Å². The first-order valence-corrected chi connectivity index (χ1v) is 10.7. The van der Waals surface area contributed by atoms with Gasteiger partial charge in [0.15, 0.2) is 6.61 Å². The molecule has 162 valence electrons. The average Bonchev–Trinajstić information content (AvgIpc) is 3.00. The second-order valence-corrected chi connectivity index (χ2v) is 9.54. The summed E-state index contributed by atoms with van der Waals surface area (Å²) in [5.41, 5.74) is 3.21. The summed E-state index contributed by atoms with van der Waals surface area (Å²) < 4.78 is 20.5. The lowest BCUT2D eigenvalue weighted by Gasteiger charge is -2.36. The fourth-order valence-corrected chi connectivity index (χ4v) is 4.56. The molecule has 0 amide bonds. The number of carbonyl (C=O) groups is 2. The lowest BCUT2D eigenvalue weighted by atomic mass is 9.70. The van der Waals surface area contributed by atoms with Crippen molar-refractivity contribution in [3.8, 4) is 5.69 Å². The van der Waals surface area contributed by atoms with Crippen molar-refractivity contribution in [3.05, 3.63) is 53.1 Å². The number of nitrogens with zero attached hydrogens (tertiary/aromatic N) is 1. The van der Waals surface area contributed by atoms with Crippen LogP contribution in [0.5, 0.6) is 0 Å². The van der Waals surface area contributed by atoms with Gasteiger partial charge in [-0.25, -0.2) is 4.39 Å². The van der Waals surface area contributed by atoms with E-state index >= 15 is 0 Å². The van der Waals surface area contributed by atoms with Crippen LogP contribution >= 0.6 is 0 Å². The largest absolute Gasteiger partial charge is 0.457 e. The molecule has 5 heteroatoms. The fraction of sp³-hybridized carbons (Fsp3) is 0.520. The molecule has 1 aliphatic carbocycles. The molecule has 1 heterocycles. The molecule has 0 saturated heterocycles. The molecule has 1 saturated carbocycles. The minimum atomic E-state index is -0.305. The van der Waals surface area contributed by atoms with Crippen molar-refractivity contribution in [1.29, 1.82) is 0 Å². The Labute approximate surface area is 178 Å². The zero-order valence-electron chi connectivity index (χ0n) is 18.6. The molecule has 0 aliphatic heterocycles. The highest BCUT2D eigenvalue weighted by atomic mass is 19.1. The van der Waals surface area contributed by atoms with Gasteiger partial charge in [-0.15, -0.1) is 0 Å². The van der Waals surface area contributed by atoms with Crippen molar-refractivity contribution in [2.45, 2.75) is 60.3 Å². The number of ether oxygens (including phenoxy) is 1. The van der Waals surface area contributed by atoms with E-state index in [9.17, 15) is 14.0 Å². The van der Waals surface area contributed by atoms with Gasteiger partial charge < -0.3 is 9.30 Å². The van der Waals surface area contributed by atoms with Crippen LogP contribution in [0.25, 0.3) is 5.69 Å². The molecule has 30 heavy (non-hydrogen) atoms. The Morgan fingerprint density at radius 2 is 1.67 bits per heavy atom. The van der Waals surface area contributed by atoms with Crippen LogP contribution in [0.3, 0.4) is 0 Å². The molecule has 3 rings (SSSR count). The standard InChI is InChI=1S/C25H32FNO3/c1-16-14-22(17(2)27(16)21-12-10-20(26)11-13-21)23(28)15-30-24(29)18-6-8-19(9-7-18)25(3,4)5/h10-14,18-19H,6-9,15H2,1-5H3. The first-order chi connectivity index (χ1) is 14.1. The third-order valence-electron chi connectivity index (χ3n) is 6.45. The number of aromatic nitrogens is 1. The Bertz CT molecular complexity index is 913. The number of carbonyl (C=O) groups excluding carboxylic acids is 2. The number of halogens is 1. The first kappa shape index (κ1) is 22.3. The fourth-order valence-electron chi connectivity index (χ4n) is 4.56. The molecule has 1 aliphatic rings. The van der Waals surface area contributed by atoms with Crippen molar-refractivity contribution in [2.75, 3.05) is 6.61 Å². The van der Waals surface area contributed by atoms with E-state index in [-0.39, 0.29) is 35.5 Å². The van der Waals surface area contributed by atoms with Crippen LogP contribution in [0, 0.1) is 36.9 Å². The second-order valence-electron chi connectivity index (χ2n) is 9.54. The second kappa shape index (κ2) is 8.75. The molecule has 1 aromatic heterocycles.